The van der Waals surface area contributed by atoms with E-state index in [9.17, 15) is 23.4 Å². The highest BCUT2D eigenvalue weighted by Crippen LogP contribution is 2.45. The lowest BCUT2D eigenvalue weighted by Crippen LogP contribution is -2.21. The van der Waals surface area contributed by atoms with Crippen LogP contribution in [-0.4, -0.2) is 34.9 Å². The zero-order valence-corrected chi connectivity index (χ0v) is 26.1. The van der Waals surface area contributed by atoms with Crippen LogP contribution in [0.4, 0.5) is 0 Å². The molecule has 0 bridgehead atoms. The molecule has 44 heavy (non-hydrogen) atoms. The van der Waals surface area contributed by atoms with Crippen LogP contribution >= 0.6 is 0 Å². The lowest BCUT2D eigenvalue weighted by atomic mass is 9.78. The van der Waals surface area contributed by atoms with E-state index in [2.05, 4.69) is 4.79 Å². The predicted octanol–water partition coefficient (Wildman–Crippen LogP) is 6.78. The van der Waals surface area contributed by atoms with Gasteiger partial charge in [0, 0.05) is 28.7 Å². The number of phenolic OH excluding ortho intramolecular Hbond substituents is 2. The number of rotatable bonds is 6. The van der Waals surface area contributed by atoms with Crippen molar-refractivity contribution in [2.45, 2.75) is 52.4 Å². The first-order valence-corrected chi connectivity index (χ1v) is 15.4. The first-order valence-electron chi connectivity index (χ1n) is 14.0. The third-order valence-corrected chi connectivity index (χ3v) is 9.87. The number of fused-ring (bicyclic) bond motifs is 1. The van der Waals surface area contributed by atoms with Crippen LogP contribution in [0.3, 0.4) is 0 Å². The highest BCUT2D eigenvalue weighted by atomic mass is 32.2. The summed E-state index contributed by atoms with van der Waals surface area (Å²) in [6, 6.07) is 14.9. The number of carbonyl (C=O) groups is 1. The number of para-hydroxylation sites is 1. The second-order valence-electron chi connectivity index (χ2n) is 11.1. The molecule has 0 saturated heterocycles. The van der Waals surface area contributed by atoms with Crippen molar-refractivity contribution < 1.29 is 32.4 Å². The summed E-state index contributed by atoms with van der Waals surface area (Å²) in [5.74, 6) is -0.670. The third kappa shape index (κ3) is 5.00. The maximum atomic E-state index is 13.9. The molecule has 0 unspecified atom stereocenters. The Balaban J connectivity index is 1.74. The predicted molar refractivity (Wildman–Crippen MR) is 168 cm³/mol. The van der Waals surface area contributed by atoms with Gasteiger partial charge in [-0.1, -0.05) is 42.5 Å². The molecule has 5 rings (SSSR count). The number of aryl methyl sites for hydroxylation is 2. The van der Waals surface area contributed by atoms with Crippen LogP contribution in [0.1, 0.15) is 71.9 Å². The summed E-state index contributed by atoms with van der Waals surface area (Å²) in [4.78, 5) is 15.5. The number of hydrogen-bond acceptors (Lipinski definition) is 6. The molecule has 9 heteroatoms. The van der Waals surface area contributed by atoms with Crippen LogP contribution in [0.25, 0.3) is 11.6 Å². The van der Waals surface area contributed by atoms with Crippen molar-refractivity contribution in [3.05, 3.63) is 127 Å². The topological polar surface area (TPSA) is 137 Å². The molecule has 0 amide bonds. The molecule has 4 aromatic rings. The van der Waals surface area contributed by atoms with Crippen molar-refractivity contribution in [2.75, 3.05) is 0 Å². The number of Topliss-reactive ketones (excluding diaryl/α,β-unsaturated/α-hetero) is 1. The smallest absolute Gasteiger partial charge is 0.362 e. The second kappa shape index (κ2) is 11.3. The van der Waals surface area contributed by atoms with Gasteiger partial charge in [-0.05, 0) is 104 Å². The van der Waals surface area contributed by atoms with Gasteiger partial charge in [-0.3, -0.25) is 4.79 Å². The van der Waals surface area contributed by atoms with Crippen LogP contribution in [0.5, 0.6) is 17.2 Å². The minimum atomic E-state index is -4.48. The Kier molecular flexibility index (Phi) is 7.80. The number of allylic oxidation sites excluding steroid dienone is 1. The molecular weight excluding hydrogens is 576 g/mol. The summed E-state index contributed by atoms with van der Waals surface area (Å²) in [6.07, 6.45) is 2.66. The molecule has 0 aromatic heterocycles. The number of aromatic hydroxyl groups is 2. The molecule has 0 aliphatic heterocycles. The number of benzene rings is 4. The average Bonchev–Trinajstić information content (AvgIpc) is 3.00. The van der Waals surface area contributed by atoms with Crippen LogP contribution in [0.2, 0.25) is 0 Å². The molecule has 0 fully saturated rings. The van der Waals surface area contributed by atoms with Gasteiger partial charge in [0.15, 0.2) is 0 Å². The largest absolute Gasteiger partial charge is 0.507 e. The number of carbonyl (C=O) groups excluding carboxylic acids is 1. The maximum Gasteiger partial charge on any atom is 0.362 e. The summed E-state index contributed by atoms with van der Waals surface area (Å²) in [5, 5.41) is 21.4. The highest BCUT2D eigenvalue weighted by Gasteiger charge is 2.33. The summed E-state index contributed by atoms with van der Waals surface area (Å²) in [6.45, 7) is 11.1. The maximum absolute atomic E-state index is 13.9. The van der Waals surface area contributed by atoms with E-state index in [4.69, 9.17) is 9.71 Å². The number of ketones is 1. The molecular formula is C35H32N2O6S. The molecule has 224 valence electrons. The number of phenols is 2. The van der Waals surface area contributed by atoms with E-state index in [1.807, 2.05) is 53.7 Å². The quantitative estimate of drug-likeness (QED) is 0.107. The molecule has 0 heterocycles. The van der Waals surface area contributed by atoms with Gasteiger partial charge in [-0.15, -0.1) is 0 Å². The van der Waals surface area contributed by atoms with Gasteiger partial charge < -0.3 is 19.9 Å². The molecule has 0 atom stereocenters. The summed E-state index contributed by atoms with van der Waals surface area (Å²) in [5.41, 5.74) is 15.8. The van der Waals surface area contributed by atoms with Crippen molar-refractivity contribution in [1.29, 1.82) is 0 Å². The zero-order valence-electron chi connectivity index (χ0n) is 25.3. The monoisotopic (exact) mass is 608 g/mol. The fourth-order valence-electron chi connectivity index (χ4n) is 5.85. The Hall–Kier alpha value is -4.98. The average molecular weight is 609 g/mol. The molecule has 2 N–H and O–H groups in total. The van der Waals surface area contributed by atoms with E-state index in [0.29, 0.717) is 27.8 Å². The van der Waals surface area contributed by atoms with E-state index in [1.165, 1.54) is 30.4 Å². The van der Waals surface area contributed by atoms with Gasteiger partial charge in [0.25, 0.3) is 5.78 Å². The highest BCUT2D eigenvalue weighted by molar-refractivity contribution is 7.87. The van der Waals surface area contributed by atoms with Gasteiger partial charge in [-0.2, -0.15) is 13.2 Å². The second-order valence-corrected chi connectivity index (χ2v) is 12.7. The van der Waals surface area contributed by atoms with E-state index >= 15 is 0 Å². The minimum absolute atomic E-state index is 0.0764. The summed E-state index contributed by atoms with van der Waals surface area (Å²) in [7, 11) is -4.48. The fourth-order valence-corrected chi connectivity index (χ4v) is 7.02. The van der Waals surface area contributed by atoms with Crippen molar-refractivity contribution in [3.63, 3.8) is 0 Å². The van der Waals surface area contributed by atoms with Gasteiger partial charge >= 0.3 is 15.8 Å². The standard InChI is InChI=1S/C35H32N2O6S/c1-18-16-27(20(3)22(5)33(18)38)32(28-17-19(2)34(39)23(6)21(28)4)26-10-7-8-12-30(26)43-44(41,42)31-13-9-11-25-24(31)14-15-29(37-36)35(25)40/h7-17,32,38-39H,1-6H3. The Morgan fingerprint density at radius 2 is 1.32 bits per heavy atom. The van der Waals surface area contributed by atoms with Gasteiger partial charge in [-0.25, -0.2) is 0 Å². The molecule has 8 nitrogen and oxygen atoms in total. The van der Waals surface area contributed by atoms with E-state index in [-0.39, 0.29) is 39.0 Å². The Bertz CT molecular complexity index is 2010. The number of hydrogen-bond donors (Lipinski definition) is 2. The van der Waals surface area contributed by atoms with Crippen molar-refractivity contribution in [1.82, 2.24) is 0 Å². The van der Waals surface area contributed by atoms with Crippen LogP contribution in [-0.2, 0) is 10.1 Å². The van der Waals surface area contributed by atoms with E-state index in [1.54, 1.807) is 24.3 Å². The SMILES string of the molecule is Cc1cc(C(c2ccccc2OS(=O)(=O)c2cccc3c2C=CC(=[N+]=[N-])C3=O)c2cc(C)c(O)c(C)c2C)c(C)c(C)c1O. The van der Waals surface area contributed by atoms with Crippen molar-refractivity contribution in [3.8, 4) is 17.2 Å². The summed E-state index contributed by atoms with van der Waals surface area (Å²) >= 11 is 0. The van der Waals surface area contributed by atoms with Crippen molar-refractivity contribution >= 4 is 27.7 Å². The Labute approximate surface area is 256 Å². The molecule has 0 saturated carbocycles. The molecule has 0 spiro atoms. The zero-order chi connectivity index (χ0) is 32.1. The first kappa shape index (κ1) is 30.5. The summed E-state index contributed by atoms with van der Waals surface area (Å²) < 4.78 is 33.7. The molecule has 4 aromatic carbocycles. The van der Waals surface area contributed by atoms with Gasteiger partial charge in [0.05, 0.1) is 0 Å². The lowest BCUT2D eigenvalue weighted by Gasteiger charge is -2.27. The number of nitrogens with zero attached hydrogens (tertiary/aromatic N) is 2. The first-order chi connectivity index (χ1) is 20.8. The minimum Gasteiger partial charge on any atom is -0.507 e. The Morgan fingerprint density at radius 3 is 1.89 bits per heavy atom. The molecule has 0 radical (unpaired) electrons. The van der Waals surface area contributed by atoms with E-state index in [0.717, 1.165) is 22.3 Å². The fraction of sp³-hybridized carbons (Fsp3) is 0.200. The van der Waals surface area contributed by atoms with Crippen LogP contribution in [0.15, 0.2) is 65.6 Å². The third-order valence-electron chi connectivity index (χ3n) is 8.57. The molecule has 1 aliphatic rings. The molecule has 1 aliphatic carbocycles. The Morgan fingerprint density at radius 1 is 0.750 bits per heavy atom. The van der Waals surface area contributed by atoms with E-state index < -0.39 is 21.8 Å². The van der Waals surface area contributed by atoms with Gasteiger partial charge in [0.1, 0.15) is 22.1 Å². The van der Waals surface area contributed by atoms with Crippen LogP contribution < -0.4 is 4.18 Å². The van der Waals surface area contributed by atoms with Gasteiger partial charge in [0.2, 0.25) is 0 Å². The lowest BCUT2D eigenvalue weighted by molar-refractivity contribution is -0.00436. The van der Waals surface area contributed by atoms with Crippen molar-refractivity contribution in [2.24, 2.45) is 0 Å². The van der Waals surface area contributed by atoms with Crippen LogP contribution in [0, 0.1) is 41.5 Å². The normalized spacial score (nSPS) is 12.8.